The van der Waals surface area contributed by atoms with E-state index in [1.165, 1.54) is 0 Å². The van der Waals surface area contributed by atoms with Crippen molar-refractivity contribution in [1.29, 1.82) is 0 Å². The van der Waals surface area contributed by atoms with Gasteiger partial charge in [-0.3, -0.25) is 4.79 Å². The third-order valence-electron chi connectivity index (χ3n) is 4.94. The van der Waals surface area contributed by atoms with Gasteiger partial charge < -0.3 is 19.5 Å². The molecular weight excluding hydrogens is 346 g/mol. The summed E-state index contributed by atoms with van der Waals surface area (Å²) >= 11 is 0. The van der Waals surface area contributed by atoms with Gasteiger partial charge in [0.25, 0.3) is 5.91 Å². The molecule has 7 nitrogen and oxygen atoms in total. The normalized spacial score (nSPS) is 26.9. The number of nitrogens with one attached hydrogen (secondary N) is 1. The van der Waals surface area contributed by atoms with Gasteiger partial charge in [-0.2, -0.15) is 0 Å². The summed E-state index contributed by atoms with van der Waals surface area (Å²) in [6.45, 7) is 1.85. The molecule has 0 unspecified atom stereocenters. The Hall–Kier alpha value is -2.83. The second-order valence-corrected chi connectivity index (χ2v) is 6.94. The first-order valence-electron chi connectivity index (χ1n) is 9.35. The van der Waals surface area contributed by atoms with E-state index in [4.69, 9.17) is 14.2 Å². The molecule has 2 atom stereocenters. The average Bonchev–Trinajstić information content (AvgIpc) is 2.69. The standard InChI is InChI=1S/C20H23N3O4/c1-13-18(27-17-6-3-2-5-16(17)25-13)19(24)23-14-7-9-15(10-8-14)26-20-21-11-4-12-22-20/h2-6,11-15,18H,7-10H2,1H3,(H,23,24)/t13-,14?,15?,18-/m0/s1. The molecule has 2 aliphatic rings. The highest BCUT2D eigenvalue weighted by molar-refractivity contribution is 5.82. The van der Waals surface area contributed by atoms with Crippen LogP contribution in [0.15, 0.2) is 42.7 Å². The fourth-order valence-electron chi connectivity index (χ4n) is 3.51. The van der Waals surface area contributed by atoms with Crippen LogP contribution in [0.25, 0.3) is 0 Å². The van der Waals surface area contributed by atoms with Crippen molar-refractivity contribution in [1.82, 2.24) is 15.3 Å². The van der Waals surface area contributed by atoms with E-state index in [0.29, 0.717) is 17.5 Å². The Balaban J connectivity index is 1.28. The molecule has 1 aliphatic heterocycles. The van der Waals surface area contributed by atoms with Crippen molar-refractivity contribution in [3.8, 4) is 17.5 Å². The summed E-state index contributed by atoms with van der Waals surface area (Å²) in [6, 6.07) is 9.69. The smallest absolute Gasteiger partial charge is 0.316 e. The van der Waals surface area contributed by atoms with Crippen molar-refractivity contribution >= 4 is 5.91 Å². The summed E-state index contributed by atoms with van der Waals surface area (Å²) in [7, 11) is 0. The van der Waals surface area contributed by atoms with E-state index in [2.05, 4.69) is 15.3 Å². The number of nitrogens with zero attached hydrogens (tertiary/aromatic N) is 2. The largest absolute Gasteiger partial charge is 0.482 e. The van der Waals surface area contributed by atoms with Gasteiger partial charge in [0.15, 0.2) is 11.5 Å². The van der Waals surface area contributed by atoms with Crippen molar-refractivity contribution < 1.29 is 19.0 Å². The van der Waals surface area contributed by atoms with E-state index in [9.17, 15) is 4.79 Å². The second-order valence-electron chi connectivity index (χ2n) is 6.94. The van der Waals surface area contributed by atoms with Gasteiger partial charge in [-0.1, -0.05) is 12.1 Å². The Kier molecular flexibility index (Phi) is 5.09. The molecule has 1 aliphatic carbocycles. The van der Waals surface area contributed by atoms with Crippen LogP contribution in [0.2, 0.25) is 0 Å². The lowest BCUT2D eigenvalue weighted by atomic mass is 9.92. The minimum absolute atomic E-state index is 0.0839. The SMILES string of the molecule is C[C@@H]1Oc2ccccc2O[C@@H]1C(=O)NC1CCC(Oc2ncccn2)CC1. The van der Waals surface area contributed by atoms with Crippen LogP contribution in [-0.4, -0.2) is 40.2 Å². The van der Waals surface area contributed by atoms with Crippen LogP contribution in [-0.2, 0) is 4.79 Å². The maximum absolute atomic E-state index is 12.7. The summed E-state index contributed by atoms with van der Waals surface area (Å²) in [6.07, 6.45) is 5.83. The van der Waals surface area contributed by atoms with E-state index in [1.54, 1.807) is 18.5 Å². The van der Waals surface area contributed by atoms with E-state index in [-0.39, 0.29) is 24.2 Å². The number of amides is 1. The van der Waals surface area contributed by atoms with Crippen molar-refractivity contribution in [2.45, 2.75) is 57.0 Å². The minimum Gasteiger partial charge on any atom is -0.482 e. The number of fused-ring (bicyclic) bond motifs is 1. The Bertz CT molecular complexity index is 778. The van der Waals surface area contributed by atoms with Crippen molar-refractivity contribution in [3.63, 3.8) is 0 Å². The zero-order valence-corrected chi connectivity index (χ0v) is 15.2. The molecule has 27 heavy (non-hydrogen) atoms. The third kappa shape index (κ3) is 4.13. The van der Waals surface area contributed by atoms with Gasteiger partial charge in [-0.05, 0) is 50.8 Å². The van der Waals surface area contributed by atoms with Crippen LogP contribution in [0.3, 0.4) is 0 Å². The van der Waals surface area contributed by atoms with Gasteiger partial charge in [0.2, 0.25) is 6.10 Å². The fourth-order valence-corrected chi connectivity index (χ4v) is 3.51. The molecule has 0 saturated heterocycles. The number of aromatic nitrogens is 2. The summed E-state index contributed by atoms with van der Waals surface area (Å²) in [5.41, 5.74) is 0. The second kappa shape index (κ2) is 7.82. The highest BCUT2D eigenvalue weighted by atomic mass is 16.6. The molecule has 1 aromatic carbocycles. The van der Waals surface area contributed by atoms with E-state index in [1.807, 2.05) is 31.2 Å². The first-order valence-corrected chi connectivity index (χ1v) is 9.35. The van der Waals surface area contributed by atoms with Gasteiger partial charge in [-0.15, -0.1) is 0 Å². The maximum atomic E-state index is 12.7. The molecule has 2 aromatic rings. The number of carbonyl (C=O) groups excluding carboxylic acids is 1. The molecule has 1 saturated carbocycles. The summed E-state index contributed by atoms with van der Waals surface area (Å²) in [5, 5.41) is 3.10. The number of para-hydroxylation sites is 2. The molecule has 142 valence electrons. The van der Waals surface area contributed by atoms with E-state index in [0.717, 1.165) is 25.7 Å². The molecule has 4 rings (SSSR count). The van der Waals surface area contributed by atoms with Crippen LogP contribution >= 0.6 is 0 Å². The van der Waals surface area contributed by atoms with Crippen LogP contribution in [0.4, 0.5) is 0 Å². The van der Waals surface area contributed by atoms with Crippen LogP contribution in [0, 0.1) is 0 Å². The Labute approximate surface area is 158 Å². The van der Waals surface area contributed by atoms with Crippen molar-refractivity contribution in [2.24, 2.45) is 0 Å². The molecule has 1 fully saturated rings. The Morgan fingerprint density at radius 3 is 2.41 bits per heavy atom. The third-order valence-corrected chi connectivity index (χ3v) is 4.94. The molecule has 2 heterocycles. The highest BCUT2D eigenvalue weighted by Gasteiger charge is 2.35. The van der Waals surface area contributed by atoms with Crippen LogP contribution < -0.4 is 19.5 Å². The Morgan fingerprint density at radius 1 is 1.04 bits per heavy atom. The molecule has 0 radical (unpaired) electrons. The zero-order chi connectivity index (χ0) is 18.6. The molecule has 0 spiro atoms. The molecule has 7 heteroatoms. The predicted octanol–water partition coefficient (Wildman–Crippen LogP) is 2.51. The molecule has 1 N–H and O–H groups in total. The van der Waals surface area contributed by atoms with Gasteiger partial charge in [0.05, 0.1) is 0 Å². The number of hydrogen-bond donors (Lipinski definition) is 1. The van der Waals surface area contributed by atoms with Crippen LogP contribution in [0.1, 0.15) is 32.6 Å². The van der Waals surface area contributed by atoms with E-state index >= 15 is 0 Å². The first-order chi connectivity index (χ1) is 13.2. The molecular formula is C20H23N3O4. The number of hydrogen-bond acceptors (Lipinski definition) is 6. The minimum atomic E-state index is -0.647. The molecule has 1 aromatic heterocycles. The summed E-state index contributed by atoms with van der Waals surface area (Å²) in [4.78, 5) is 20.9. The van der Waals surface area contributed by atoms with E-state index < -0.39 is 6.10 Å². The first kappa shape index (κ1) is 17.6. The highest BCUT2D eigenvalue weighted by Crippen LogP contribution is 2.33. The molecule has 0 bridgehead atoms. The molecule has 1 amide bonds. The van der Waals surface area contributed by atoms with Gasteiger partial charge >= 0.3 is 6.01 Å². The van der Waals surface area contributed by atoms with Crippen molar-refractivity contribution in [2.75, 3.05) is 0 Å². The lowest BCUT2D eigenvalue weighted by molar-refractivity contribution is -0.134. The van der Waals surface area contributed by atoms with Gasteiger partial charge in [0, 0.05) is 18.4 Å². The van der Waals surface area contributed by atoms with Crippen molar-refractivity contribution in [3.05, 3.63) is 42.7 Å². The maximum Gasteiger partial charge on any atom is 0.316 e. The topological polar surface area (TPSA) is 82.6 Å². The average molecular weight is 369 g/mol. The monoisotopic (exact) mass is 369 g/mol. The summed E-state index contributed by atoms with van der Waals surface area (Å²) < 4.78 is 17.5. The predicted molar refractivity (Wildman–Crippen MR) is 97.8 cm³/mol. The number of ether oxygens (including phenoxy) is 3. The summed E-state index contributed by atoms with van der Waals surface area (Å²) in [5.74, 6) is 1.15. The zero-order valence-electron chi connectivity index (χ0n) is 15.2. The van der Waals surface area contributed by atoms with Gasteiger partial charge in [-0.25, -0.2) is 9.97 Å². The van der Waals surface area contributed by atoms with Gasteiger partial charge in [0.1, 0.15) is 12.2 Å². The number of carbonyl (C=O) groups is 1. The number of rotatable bonds is 4. The number of benzene rings is 1. The van der Waals surface area contributed by atoms with Crippen LogP contribution in [0.5, 0.6) is 17.5 Å². The Morgan fingerprint density at radius 2 is 1.70 bits per heavy atom. The quantitative estimate of drug-likeness (QED) is 0.892. The fraction of sp³-hybridized carbons (Fsp3) is 0.450. The lowest BCUT2D eigenvalue weighted by Gasteiger charge is -2.33. The lowest BCUT2D eigenvalue weighted by Crippen LogP contribution is -2.52.